The first-order valence-electron chi connectivity index (χ1n) is 6.52. The summed E-state index contributed by atoms with van der Waals surface area (Å²) in [5.41, 5.74) is 0.231. The number of aliphatic hydroxyl groups excluding tert-OH is 1. The molecule has 1 fully saturated rings. The van der Waals surface area contributed by atoms with Gasteiger partial charge in [0.05, 0.1) is 11.6 Å². The second-order valence-electron chi connectivity index (χ2n) is 4.99. The van der Waals surface area contributed by atoms with Gasteiger partial charge in [0.15, 0.2) is 0 Å². The molecule has 0 aliphatic heterocycles. The molecule has 2 unspecified atom stereocenters. The zero-order chi connectivity index (χ0) is 15.6. The Bertz CT molecular complexity index is 622. The molecule has 0 heterocycles. The first kappa shape index (κ1) is 17.4. The van der Waals surface area contributed by atoms with Crippen LogP contribution in [-0.4, -0.2) is 31.1 Å². The number of hydrogen-bond acceptors (Lipinski definition) is 4. The Morgan fingerprint density at radius 1 is 1.38 bits per heavy atom. The molecule has 0 amide bonds. The molecule has 2 atom stereocenters. The number of rotatable bonds is 5. The molecule has 2 rings (SSSR count). The summed E-state index contributed by atoms with van der Waals surface area (Å²) >= 11 is 13.7. The van der Waals surface area contributed by atoms with Gasteiger partial charge in [0.2, 0.25) is 10.0 Å². The number of halogens is 2. The van der Waals surface area contributed by atoms with Gasteiger partial charge in [-0.05, 0) is 37.7 Å². The van der Waals surface area contributed by atoms with E-state index in [1.54, 1.807) is 11.8 Å². The average Bonchev–Trinajstić information content (AvgIpc) is 2.85. The molecular formula is C13H17Cl2NO3S2. The van der Waals surface area contributed by atoms with Crippen molar-refractivity contribution in [1.82, 2.24) is 4.72 Å². The molecule has 21 heavy (non-hydrogen) atoms. The molecule has 1 aliphatic rings. The van der Waals surface area contributed by atoms with Crippen LogP contribution in [-0.2, 0) is 16.6 Å². The lowest BCUT2D eigenvalue weighted by Gasteiger charge is -2.15. The lowest BCUT2D eigenvalue weighted by molar-refractivity contribution is 0.281. The van der Waals surface area contributed by atoms with Crippen LogP contribution in [0.3, 0.4) is 0 Å². The number of benzene rings is 1. The molecule has 4 nitrogen and oxygen atoms in total. The number of hydrogen-bond donors (Lipinski definition) is 2. The molecule has 0 radical (unpaired) electrons. The second-order valence-corrected chi connectivity index (χ2v) is 8.59. The highest BCUT2D eigenvalue weighted by Gasteiger charge is 2.29. The highest BCUT2D eigenvalue weighted by Crippen LogP contribution is 2.33. The number of sulfonamides is 1. The summed E-state index contributed by atoms with van der Waals surface area (Å²) in [4.78, 5) is -0.0368. The smallest absolute Gasteiger partial charge is 0.242 e. The molecule has 0 saturated heterocycles. The van der Waals surface area contributed by atoms with E-state index < -0.39 is 16.6 Å². The maximum Gasteiger partial charge on any atom is 0.242 e. The van der Waals surface area contributed by atoms with Crippen LogP contribution in [0, 0.1) is 0 Å². The van der Waals surface area contributed by atoms with E-state index in [1.807, 2.05) is 6.26 Å². The quantitative estimate of drug-likeness (QED) is 0.836. The summed E-state index contributed by atoms with van der Waals surface area (Å²) in [5.74, 6) is 0. The van der Waals surface area contributed by atoms with Crippen molar-refractivity contribution < 1.29 is 13.5 Å². The summed E-state index contributed by atoms with van der Waals surface area (Å²) in [6, 6.07) is 2.73. The molecule has 2 N–H and O–H groups in total. The molecule has 0 aromatic heterocycles. The minimum absolute atomic E-state index is 0.0167. The Labute approximate surface area is 139 Å². The Kier molecular flexibility index (Phi) is 5.84. The van der Waals surface area contributed by atoms with Crippen molar-refractivity contribution in [2.24, 2.45) is 0 Å². The van der Waals surface area contributed by atoms with E-state index in [9.17, 15) is 13.5 Å². The van der Waals surface area contributed by atoms with Crippen molar-refractivity contribution in [3.05, 3.63) is 27.7 Å². The van der Waals surface area contributed by atoms with Gasteiger partial charge < -0.3 is 5.11 Å². The number of nitrogens with one attached hydrogen (secondary N) is 1. The van der Waals surface area contributed by atoms with Gasteiger partial charge in [0.25, 0.3) is 0 Å². The fraction of sp³-hybridized carbons (Fsp3) is 0.538. The predicted octanol–water partition coefficient (Wildman–Crippen LogP) is 3.05. The third kappa shape index (κ3) is 3.86. The monoisotopic (exact) mass is 369 g/mol. The van der Waals surface area contributed by atoms with Gasteiger partial charge in [-0.15, -0.1) is 0 Å². The normalized spacial score (nSPS) is 22.7. The van der Waals surface area contributed by atoms with Crippen LogP contribution in [0.2, 0.25) is 10.0 Å². The van der Waals surface area contributed by atoms with Crippen LogP contribution in [0.25, 0.3) is 0 Å². The molecule has 1 aromatic carbocycles. The first-order valence-corrected chi connectivity index (χ1v) is 10.0. The zero-order valence-corrected chi connectivity index (χ0v) is 14.6. The SMILES string of the molecule is CSC1CCC(NS(=O)(=O)c2ccc(Cl)c(CO)c2Cl)C1. The van der Waals surface area contributed by atoms with Gasteiger partial charge in [-0.3, -0.25) is 0 Å². The Hall–Kier alpha value is 0.0200. The highest BCUT2D eigenvalue weighted by atomic mass is 35.5. The van der Waals surface area contributed by atoms with Crippen LogP contribution in [0.4, 0.5) is 0 Å². The number of aliphatic hydroxyl groups is 1. The second kappa shape index (κ2) is 7.06. The topological polar surface area (TPSA) is 66.4 Å². The fourth-order valence-corrected chi connectivity index (χ4v) is 5.45. The van der Waals surface area contributed by atoms with Gasteiger partial charge >= 0.3 is 0 Å². The minimum Gasteiger partial charge on any atom is -0.392 e. The lowest BCUT2D eigenvalue weighted by atomic mass is 10.2. The van der Waals surface area contributed by atoms with Crippen LogP contribution < -0.4 is 4.72 Å². The van der Waals surface area contributed by atoms with E-state index in [4.69, 9.17) is 23.2 Å². The van der Waals surface area contributed by atoms with E-state index in [0.717, 1.165) is 19.3 Å². The molecule has 0 spiro atoms. The largest absolute Gasteiger partial charge is 0.392 e. The van der Waals surface area contributed by atoms with E-state index in [1.165, 1.54) is 12.1 Å². The van der Waals surface area contributed by atoms with E-state index in [0.29, 0.717) is 5.25 Å². The fourth-order valence-electron chi connectivity index (χ4n) is 2.47. The van der Waals surface area contributed by atoms with Crippen LogP contribution in [0.1, 0.15) is 24.8 Å². The Morgan fingerprint density at radius 2 is 2.10 bits per heavy atom. The van der Waals surface area contributed by atoms with Crippen molar-refractivity contribution >= 4 is 45.0 Å². The summed E-state index contributed by atoms with van der Waals surface area (Å²) in [6.07, 6.45) is 4.68. The first-order chi connectivity index (χ1) is 9.89. The summed E-state index contributed by atoms with van der Waals surface area (Å²) in [5, 5.41) is 9.98. The van der Waals surface area contributed by atoms with Crippen molar-refractivity contribution in [3.63, 3.8) is 0 Å². The van der Waals surface area contributed by atoms with Gasteiger partial charge in [0, 0.05) is 21.9 Å². The van der Waals surface area contributed by atoms with Crippen LogP contribution >= 0.6 is 35.0 Å². The molecule has 1 aromatic rings. The van der Waals surface area contributed by atoms with Gasteiger partial charge in [-0.2, -0.15) is 11.8 Å². The summed E-state index contributed by atoms with van der Waals surface area (Å²) in [7, 11) is -3.72. The van der Waals surface area contributed by atoms with Crippen molar-refractivity contribution in [2.45, 2.75) is 42.1 Å². The van der Waals surface area contributed by atoms with Crippen LogP contribution in [0.15, 0.2) is 17.0 Å². The molecular weight excluding hydrogens is 353 g/mol. The standard InChI is InChI=1S/C13H17Cl2NO3S2/c1-20-9-3-2-8(6-9)16-21(18,19)12-5-4-11(14)10(7-17)13(12)15/h4-5,8-9,16-17H,2-3,6-7H2,1H3. The van der Waals surface area contributed by atoms with Gasteiger partial charge in [-0.1, -0.05) is 23.2 Å². The molecule has 1 aliphatic carbocycles. The molecule has 0 bridgehead atoms. The summed E-state index contributed by atoms with van der Waals surface area (Å²) in [6.45, 7) is -0.404. The van der Waals surface area contributed by atoms with Crippen molar-refractivity contribution in [3.8, 4) is 0 Å². The summed E-state index contributed by atoms with van der Waals surface area (Å²) < 4.78 is 27.6. The molecule has 8 heteroatoms. The third-order valence-electron chi connectivity index (χ3n) is 3.64. The molecule has 1 saturated carbocycles. The molecule has 118 valence electrons. The predicted molar refractivity (Wildman–Crippen MR) is 87.6 cm³/mol. The maximum atomic E-state index is 12.5. The highest BCUT2D eigenvalue weighted by molar-refractivity contribution is 7.99. The minimum atomic E-state index is -3.72. The number of thioether (sulfide) groups is 1. The van der Waals surface area contributed by atoms with Crippen molar-refractivity contribution in [1.29, 1.82) is 0 Å². The van der Waals surface area contributed by atoms with E-state index in [2.05, 4.69) is 4.72 Å². The van der Waals surface area contributed by atoms with Crippen molar-refractivity contribution in [2.75, 3.05) is 6.26 Å². The van der Waals surface area contributed by atoms with Gasteiger partial charge in [-0.25, -0.2) is 13.1 Å². The third-order valence-corrected chi connectivity index (χ3v) is 7.19. The van der Waals surface area contributed by atoms with E-state index >= 15 is 0 Å². The Morgan fingerprint density at radius 3 is 2.67 bits per heavy atom. The lowest BCUT2D eigenvalue weighted by Crippen LogP contribution is -2.33. The van der Waals surface area contributed by atoms with Gasteiger partial charge in [0.1, 0.15) is 4.90 Å². The average molecular weight is 370 g/mol. The van der Waals surface area contributed by atoms with E-state index in [-0.39, 0.29) is 26.5 Å². The zero-order valence-electron chi connectivity index (χ0n) is 11.5. The van der Waals surface area contributed by atoms with Crippen LogP contribution in [0.5, 0.6) is 0 Å². The maximum absolute atomic E-state index is 12.5. The Balaban J connectivity index is 2.24.